The van der Waals surface area contributed by atoms with Crippen LogP contribution in [0.2, 0.25) is 0 Å². The van der Waals surface area contributed by atoms with E-state index in [1.165, 1.54) is 25.7 Å². The van der Waals surface area contributed by atoms with Gasteiger partial charge in [0, 0.05) is 0 Å². The fourth-order valence-corrected chi connectivity index (χ4v) is 2.06. The number of hydrogen-bond donors (Lipinski definition) is 0. The van der Waals surface area contributed by atoms with Gasteiger partial charge in [0.1, 0.15) is 0 Å². The summed E-state index contributed by atoms with van der Waals surface area (Å²) in [5.41, 5.74) is 4.80. The quantitative estimate of drug-likeness (QED) is 0.545. The maximum Gasteiger partial charge on any atom is 0.180 e. The van der Waals surface area contributed by atoms with E-state index in [1.54, 1.807) is 16.5 Å². The molecular formula is C13H22B. The molecule has 77 valence electrons. The fraction of sp³-hybridized carbons (Fsp3) is 0.692. The van der Waals surface area contributed by atoms with Gasteiger partial charge in [-0.1, -0.05) is 51.2 Å². The molecule has 0 aromatic heterocycles. The summed E-state index contributed by atoms with van der Waals surface area (Å²) >= 11 is 0. The van der Waals surface area contributed by atoms with Crippen molar-refractivity contribution in [2.45, 2.75) is 53.4 Å². The molecule has 1 radical (unpaired) electrons. The minimum atomic E-state index is 0.704. The summed E-state index contributed by atoms with van der Waals surface area (Å²) in [6.07, 6.45) is 7.85. The number of rotatable bonds is 1. The van der Waals surface area contributed by atoms with Crippen molar-refractivity contribution in [1.29, 1.82) is 0 Å². The van der Waals surface area contributed by atoms with E-state index < -0.39 is 0 Å². The molecule has 2 rings (SSSR count). The molecule has 0 bridgehead atoms. The summed E-state index contributed by atoms with van der Waals surface area (Å²) in [4.78, 5) is 0. The Morgan fingerprint density at radius 3 is 2.36 bits per heavy atom. The summed E-state index contributed by atoms with van der Waals surface area (Å²) in [7, 11) is 2.42. The molecule has 1 heteroatoms. The average Bonchev–Trinajstić information content (AvgIpc) is 2.64. The van der Waals surface area contributed by atoms with Crippen LogP contribution < -0.4 is 0 Å². The Labute approximate surface area is 89.7 Å². The maximum atomic E-state index is 2.42. The van der Waals surface area contributed by atoms with Crippen molar-refractivity contribution in [3.8, 4) is 0 Å². The van der Waals surface area contributed by atoms with E-state index in [1.807, 2.05) is 13.8 Å². The minimum absolute atomic E-state index is 0.704. The van der Waals surface area contributed by atoms with Gasteiger partial charge in [0.15, 0.2) is 7.28 Å². The van der Waals surface area contributed by atoms with E-state index in [0.717, 1.165) is 0 Å². The Kier molecular flexibility index (Phi) is 4.51. The van der Waals surface area contributed by atoms with Crippen molar-refractivity contribution in [1.82, 2.24) is 0 Å². The molecule has 2 aliphatic rings. The van der Waals surface area contributed by atoms with Crippen molar-refractivity contribution >= 4 is 7.28 Å². The lowest BCUT2D eigenvalue weighted by Gasteiger charge is -2.12. The number of allylic oxidation sites excluding steroid dienone is 4. The molecule has 0 nitrogen and oxygen atoms in total. The minimum Gasteiger partial charge on any atom is -0.100 e. The fourth-order valence-electron chi connectivity index (χ4n) is 2.06. The van der Waals surface area contributed by atoms with Gasteiger partial charge in [-0.2, -0.15) is 0 Å². The molecule has 1 aliphatic heterocycles. The Balaban J connectivity index is 0.000000461. The van der Waals surface area contributed by atoms with Gasteiger partial charge in [0.2, 0.25) is 0 Å². The van der Waals surface area contributed by atoms with E-state index in [2.05, 4.69) is 27.2 Å². The van der Waals surface area contributed by atoms with Crippen LogP contribution in [0.5, 0.6) is 0 Å². The van der Waals surface area contributed by atoms with Gasteiger partial charge in [-0.05, 0) is 25.2 Å². The molecule has 0 saturated heterocycles. The summed E-state index contributed by atoms with van der Waals surface area (Å²) in [5, 5.41) is 0. The third kappa shape index (κ3) is 2.53. The highest BCUT2D eigenvalue weighted by Crippen LogP contribution is 2.33. The third-order valence-corrected chi connectivity index (χ3v) is 2.90. The second-order valence-electron chi connectivity index (χ2n) is 4.20. The number of hydrogen-bond acceptors (Lipinski definition) is 0. The van der Waals surface area contributed by atoms with Gasteiger partial charge < -0.3 is 0 Å². The van der Waals surface area contributed by atoms with Crippen LogP contribution in [0.25, 0.3) is 0 Å². The van der Waals surface area contributed by atoms with Crippen molar-refractivity contribution in [3.63, 3.8) is 0 Å². The van der Waals surface area contributed by atoms with Crippen LogP contribution in [0.4, 0.5) is 0 Å². The topological polar surface area (TPSA) is 0 Å². The van der Waals surface area contributed by atoms with Crippen LogP contribution in [0.15, 0.2) is 22.6 Å². The van der Waals surface area contributed by atoms with Gasteiger partial charge in [0.05, 0.1) is 0 Å². The highest BCUT2D eigenvalue weighted by atomic mass is 14.2. The third-order valence-electron chi connectivity index (χ3n) is 2.90. The summed E-state index contributed by atoms with van der Waals surface area (Å²) in [5.74, 6) is 0.704. The molecule has 14 heavy (non-hydrogen) atoms. The van der Waals surface area contributed by atoms with E-state index >= 15 is 0 Å². The van der Waals surface area contributed by atoms with Crippen molar-refractivity contribution in [3.05, 3.63) is 22.6 Å². The zero-order valence-corrected chi connectivity index (χ0v) is 10.1. The average molecular weight is 189 g/mol. The first-order valence-corrected chi connectivity index (χ1v) is 6.06. The van der Waals surface area contributed by atoms with E-state index in [9.17, 15) is 0 Å². The smallest absolute Gasteiger partial charge is 0.100 e. The lowest BCUT2D eigenvalue weighted by Crippen LogP contribution is -2.04. The van der Waals surface area contributed by atoms with Gasteiger partial charge in [0.25, 0.3) is 0 Å². The lowest BCUT2D eigenvalue weighted by molar-refractivity contribution is 0.704. The van der Waals surface area contributed by atoms with Gasteiger partial charge in [-0.15, -0.1) is 5.47 Å². The molecule has 0 fully saturated rings. The van der Waals surface area contributed by atoms with Crippen LogP contribution in [0.3, 0.4) is 0 Å². The van der Waals surface area contributed by atoms with Crippen LogP contribution >= 0.6 is 0 Å². The van der Waals surface area contributed by atoms with E-state index in [4.69, 9.17) is 0 Å². The van der Waals surface area contributed by atoms with E-state index in [0.29, 0.717) is 5.92 Å². The van der Waals surface area contributed by atoms with E-state index in [-0.39, 0.29) is 0 Å². The monoisotopic (exact) mass is 189 g/mol. The SMILES string of the molecule is CC.CC(C)C1=CC2=C([B]1)CCCC2. The summed E-state index contributed by atoms with van der Waals surface area (Å²) in [6, 6.07) is 0. The first-order chi connectivity index (χ1) is 6.77. The van der Waals surface area contributed by atoms with Crippen LogP contribution in [0, 0.1) is 5.92 Å². The Bertz CT molecular complexity index is 246. The predicted octanol–water partition coefficient (Wildman–Crippen LogP) is 4.10. The summed E-state index contributed by atoms with van der Waals surface area (Å²) in [6.45, 7) is 8.56. The molecule has 0 unspecified atom stereocenters. The molecule has 1 aliphatic carbocycles. The Morgan fingerprint density at radius 1 is 1.14 bits per heavy atom. The molecule has 0 spiro atoms. The van der Waals surface area contributed by atoms with Crippen molar-refractivity contribution < 1.29 is 0 Å². The highest BCUT2D eigenvalue weighted by molar-refractivity contribution is 6.55. The highest BCUT2D eigenvalue weighted by Gasteiger charge is 2.20. The second kappa shape index (κ2) is 5.43. The van der Waals surface area contributed by atoms with Crippen molar-refractivity contribution in [2.75, 3.05) is 0 Å². The molecular weight excluding hydrogens is 167 g/mol. The standard InChI is InChI=1S/C11H16B.C2H6/c1-8(2)11-7-9-5-3-4-6-10(9)12-11;1-2/h7-8H,3-6H2,1-2H3;1-2H3. The Hall–Kier alpha value is -0.455. The maximum absolute atomic E-state index is 2.42. The van der Waals surface area contributed by atoms with Crippen LogP contribution in [-0.2, 0) is 0 Å². The Morgan fingerprint density at radius 2 is 1.79 bits per heavy atom. The molecule has 0 amide bonds. The molecule has 0 aromatic carbocycles. The zero-order chi connectivity index (χ0) is 10.6. The predicted molar refractivity (Wildman–Crippen MR) is 65.5 cm³/mol. The largest absolute Gasteiger partial charge is 0.180 e. The molecule has 0 aromatic rings. The molecule has 0 saturated carbocycles. The van der Waals surface area contributed by atoms with Gasteiger partial charge in [-0.3, -0.25) is 0 Å². The van der Waals surface area contributed by atoms with Crippen LogP contribution in [0.1, 0.15) is 53.4 Å². The normalized spacial score (nSPS) is 19.6. The van der Waals surface area contributed by atoms with Gasteiger partial charge in [-0.25, -0.2) is 0 Å². The lowest BCUT2D eigenvalue weighted by atomic mass is 9.60. The van der Waals surface area contributed by atoms with Crippen molar-refractivity contribution in [2.24, 2.45) is 5.92 Å². The second-order valence-corrected chi connectivity index (χ2v) is 4.20. The van der Waals surface area contributed by atoms with Crippen LogP contribution in [-0.4, -0.2) is 7.28 Å². The zero-order valence-electron chi connectivity index (χ0n) is 10.1. The first-order valence-electron chi connectivity index (χ1n) is 6.06. The molecule has 0 atom stereocenters. The summed E-state index contributed by atoms with van der Waals surface area (Å²) < 4.78 is 0. The van der Waals surface area contributed by atoms with Gasteiger partial charge >= 0.3 is 0 Å². The molecule has 0 N–H and O–H groups in total. The first kappa shape index (κ1) is 11.6. The molecule has 1 heterocycles.